The van der Waals surface area contributed by atoms with Gasteiger partial charge in [0.05, 0.1) is 4.90 Å². The lowest BCUT2D eigenvalue weighted by molar-refractivity contribution is -0.122. The van der Waals surface area contributed by atoms with Crippen molar-refractivity contribution >= 4 is 37.1 Å². The summed E-state index contributed by atoms with van der Waals surface area (Å²) in [4.78, 5) is 12.7. The number of hydrogen-bond acceptors (Lipinski definition) is 5. The summed E-state index contributed by atoms with van der Waals surface area (Å²) in [5, 5.41) is 0.334. The number of ketones is 1. The summed E-state index contributed by atoms with van der Waals surface area (Å²) in [6, 6.07) is 8.26. The SMILES string of the molecule is CC(C)(C(=O)CC1CCC(c2cc(F)ccc2F)(S(=O)(=O)c2ccc(Cl)cc2)CC1)S(C)(=O)=O. The van der Waals surface area contributed by atoms with Gasteiger partial charge in [-0.05, 0) is 87.9 Å². The van der Waals surface area contributed by atoms with E-state index in [9.17, 15) is 30.4 Å². The maximum absolute atomic E-state index is 14.9. The first-order valence-electron chi connectivity index (χ1n) is 10.8. The lowest BCUT2D eigenvalue weighted by Crippen LogP contribution is -2.43. The molecule has 0 spiro atoms. The molecule has 0 bridgehead atoms. The number of halogens is 3. The molecular formula is C24H27ClF2O5S2. The maximum atomic E-state index is 14.9. The third kappa shape index (κ3) is 4.79. The second-order valence-electron chi connectivity index (χ2n) is 9.43. The van der Waals surface area contributed by atoms with Crippen LogP contribution in [0.2, 0.25) is 5.02 Å². The first kappa shape index (κ1) is 26.8. The van der Waals surface area contributed by atoms with Crippen molar-refractivity contribution in [3.8, 4) is 0 Å². The van der Waals surface area contributed by atoms with Crippen LogP contribution in [0.25, 0.3) is 0 Å². The minimum absolute atomic E-state index is 0.0389. The summed E-state index contributed by atoms with van der Waals surface area (Å²) in [5.74, 6) is -2.32. The molecule has 1 saturated carbocycles. The molecule has 0 amide bonds. The fourth-order valence-corrected chi connectivity index (χ4v) is 7.22. The van der Waals surface area contributed by atoms with Gasteiger partial charge in [-0.1, -0.05) is 11.6 Å². The van der Waals surface area contributed by atoms with Crippen molar-refractivity contribution in [2.45, 2.75) is 60.3 Å². The number of sulfone groups is 2. The summed E-state index contributed by atoms with van der Waals surface area (Å²) in [6.45, 7) is 2.70. The molecule has 2 aromatic carbocycles. The summed E-state index contributed by atoms with van der Waals surface area (Å²) >= 11 is 5.90. The molecule has 186 valence electrons. The predicted molar refractivity (Wildman–Crippen MR) is 127 cm³/mol. The highest BCUT2D eigenvalue weighted by molar-refractivity contribution is 7.93. The standard InChI is InChI=1S/C24H27ClF2O5S2/c1-23(2,33(3,29)30)22(28)14-16-10-12-24(13-11-16,20-15-18(26)6-9-21(20)27)34(31,32)19-7-4-17(25)5-8-19/h4-9,15-16H,10-14H2,1-3H3. The second kappa shape index (κ2) is 9.32. The number of carbonyl (C=O) groups excluding carboxylic acids is 1. The first-order chi connectivity index (χ1) is 15.6. The molecule has 0 aliphatic heterocycles. The van der Waals surface area contributed by atoms with Crippen LogP contribution < -0.4 is 0 Å². The van der Waals surface area contributed by atoms with Gasteiger partial charge in [0.25, 0.3) is 0 Å². The Kier molecular flexibility index (Phi) is 7.33. The zero-order valence-corrected chi connectivity index (χ0v) is 21.5. The summed E-state index contributed by atoms with van der Waals surface area (Å²) < 4.78 is 77.4. The second-order valence-corrected chi connectivity index (χ2v) is 14.7. The quantitative estimate of drug-likeness (QED) is 0.485. The highest BCUT2D eigenvalue weighted by Gasteiger charge is 2.50. The van der Waals surface area contributed by atoms with Gasteiger partial charge in [0, 0.05) is 23.3 Å². The van der Waals surface area contributed by atoms with Gasteiger partial charge in [-0.15, -0.1) is 0 Å². The third-order valence-electron chi connectivity index (χ3n) is 7.04. The van der Waals surface area contributed by atoms with E-state index >= 15 is 0 Å². The van der Waals surface area contributed by atoms with Gasteiger partial charge in [-0.25, -0.2) is 25.6 Å². The first-order valence-corrected chi connectivity index (χ1v) is 14.6. The van der Waals surface area contributed by atoms with Crippen molar-refractivity contribution in [1.82, 2.24) is 0 Å². The van der Waals surface area contributed by atoms with Crippen LogP contribution in [0.3, 0.4) is 0 Å². The maximum Gasteiger partial charge on any atom is 0.188 e. The normalized spacial score (nSPS) is 21.9. The zero-order valence-electron chi connectivity index (χ0n) is 19.1. The van der Waals surface area contributed by atoms with Crippen molar-refractivity contribution in [3.63, 3.8) is 0 Å². The lowest BCUT2D eigenvalue weighted by atomic mass is 9.75. The highest BCUT2D eigenvalue weighted by atomic mass is 35.5. The Labute approximate surface area is 204 Å². The van der Waals surface area contributed by atoms with Crippen LogP contribution in [0, 0.1) is 17.6 Å². The van der Waals surface area contributed by atoms with E-state index in [1.54, 1.807) is 0 Å². The van der Waals surface area contributed by atoms with E-state index in [0.29, 0.717) is 5.02 Å². The number of Topliss-reactive ketones (excluding diaryl/α,β-unsaturated/α-hetero) is 1. The molecule has 0 heterocycles. The van der Waals surface area contributed by atoms with Crippen molar-refractivity contribution in [2.75, 3.05) is 6.26 Å². The van der Waals surface area contributed by atoms with Crippen LogP contribution in [-0.2, 0) is 29.2 Å². The molecule has 1 aliphatic carbocycles. The molecule has 0 N–H and O–H groups in total. The Morgan fingerprint density at radius 2 is 1.59 bits per heavy atom. The van der Waals surface area contributed by atoms with Crippen LogP contribution >= 0.6 is 11.6 Å². The number of benzene rings is 2. The summed E-state index contributed by atoms with van der Waals surface area (Å²) in [6.07, 6.45) is 1.33. The van der Waals surface area contributed by atoms with Crippen molar-refractivity contribution in [3.05, 3.63) is 64.7 Å². The Balaban J connectivity index is 1.99. The molecule has 2 aromatic rings. The van der Waals surface area contributed by atoms with E-state index < -0.39 is 46.6 Å². The molecule has 5 nitrogen and oxygen atoms in total. The van der Waals surface area contributed by atoms with Crippen LogP contribution in [0.5, 0.6) is 0 Å². The van der Waals surface area contributed by atoms with E-state index in [0.717, 1.165) is 24.5 Å². The predicted octanol–water partition coefficient (Wildman–Crippen LogP) is 5.26. The van der Waals surface area contributed by atoms with Crippen LogP contribution in [0.1, 0.15) is 51.5 Å². The van der Waals surface area contributed by atoms with E-state index in [2.05, 4.69) is 0 Å². The molecule has 10 heteroatoms. The Hall–Kier alpha value is -1.84. The summed E-state index contributed by atoms with van der Waals surface area (Å²) in [5.41, 5.74) is -0.247. The number of carbonyl (C=O) groups is 1. The van der Waals surface area contributed by atoms with Gasteiger partial charge in [0.15, 0.2) is 25.5 Å². The minimum Gasteiger partial charge on any atom is -0.298 e. The van der Waals surface area contributed by atoms with Gasteiger partial charge in [-0.2, -0.15) is 0 Å². The van der Waals surface area contributed by atoms with Gasteiger partial charge in [0.1, 0.15) is 21.1 Å². The lowest BCUT2D eigenvalue weighted by Gasteiger charge is -2.40. The molecule has 34 heavy (non-hydrogen) atoms. The van der Waals surface area contributed by atoms with Crippen molar-refractivity contribution in [2.24, 2.45) is 5.92 Å². The van der Waals surface area contributed by atoms with E-state index in [1.807, 2.05) is 0 Å². The Morgan fingerprint density at radius 1 is 1.03 bits per heavy atom. The minimum atomic E-state index is -4.18. The van der Waals surface area contributed by atoms with Crippen LogP contribution in [0.4, 0.5) is 8.78 Å². The average molecular weight is 533 g/mol. The van der Waals surface area contributed by atoms with Gasteiger partial charge in [0.2, 0.25) is 0 Å². The zero-order chi connectivity index (χ0) is 25.5. The molecule has 0 atom stereocenters. The molecule has 3 rings (SSSR count). The highest BCUT2D eigenvalue weighted by Crippen LogP contribution is 2.50. The fraction of sp³-hybridized carbons (Fsp3) is 0.458. The molecule has 0 aromatic heterocycles. The van der Waals surface area contributed by atoms with Crippen LogP contribution in [-0.4, -0.2) is 33.6 Å². The Morgan fingerprint density at radius 3 is 2.12 bits per heavy atom. The van der Waals surface area contributed by atoms with Crippen molar-refractivity contribution in [1.29, 1.82) is 0 Å². The third-order valence-corrected chi connectivity index (χ3v) is 11.9. The Bertz CT molecular complexity index is 1300. The van der Waals surface area contributed by atoms with Crippen LogP contribution in [0.15, 0.2) is 47.4 Å². The van der Waals surface area contributed by atoms with Gasteiger partial charge in [-0.3, -0.25) is 4.79 Å². The molecule has 0 radical (unpaired) electrons. The molecule has 0 saturated heterocycles. The number of hydrogen-bond donors (Lipinski definition) is 0. The largest absolute Gasteiger partial charge is 0.298 e. The van der Waals surface area contributed by atoms with E-state index in [-0.39, 0.29) is 48.5 Å². The fourth-order valence-electron chi connectivity index (χ4n) is 4.43. The molecule has 1 aliphatic rings. The van der Waals surface area contributed by atoms with Gasteiger partial charge >= 0.3 is 0 Å². The van der Waals surface area contributed by atoms with E-state index in [4.69, 9.17) is 11.6 Å². The van der Waals surface area contributed by atoms with E-state index in [1.165, 1.54) is 38.1 Å². The topological polar surface area (TPSA) is 85.3 Å². The van der Waals surface area contributed by atoms with Crippen molar-refractivity contribution < 1.29 is 30.4 Å². The molecule has 0 unspecified atom stereocenters. The molecular weight excluding hydrogens is 506 g/mol. The smallest absolute Gasteiger partial charge is 0.188 e. The average Bonchev–Trinajstić information content (AvgIpc) is 2.75. The van der Waals surface area contributed by atoms with Gasteiger partial charge < -0.3 is 0 Å². The monoisotopic (exact) mass is 532 g/mol. The number of rotatable bonds is 7. The molecule has 1 fully saturated rings. The summed E-state index contributed by atoms with van der Waals surface area (Å²) in [7, 11) is -7.82.